The molecular formula is C10H8BrClOS. The first-order valence-electron chi connectivity index (χ1n) is 4.11. The zero-order valence-electron chi connectivity index (χ0n) is 7.26. The van der Waals surface area contributed by atoms with Gasteiger partial charge in [-0.15, -0.1) is 11.3 Å². The van der Waals surface area contributed by atoms with Gasteiger partial charge in [0.25, 0.3) is 0 Å². The molecule has 74 valence electrons. The zero-order chi connectivity index (χ0) is 10.1. The van der Waals surface area contributed by atoms with Crippen LogP contribution in [0.4, 0.5) is 0 Å². The maximum absolute atomic E-state index is 9.23. The molecule has 0 aliphatic rings. The number of aliphatic hydroxyl groups excluding tert-OH is 1. The first kappa shape index (κ1) is 10.4. The minimum absolute atomic E-state index is 0.0355. The standard InChI is InChI=1S/C10H8BrClOS/c11-3-6-1-7(4-13)10-8(12)5-14-9(10)2-6/h1-2,5,13H,3-4H2. The summed E-state index contributed by atoms with van der Waals surface area (Å²) in [6.45, 7) is 0.0355. The van der Waals surface area contributed by atoms with Crippen molar-refractivity contribution in [2.24, 2.45) is 0 Å². The highest BCUT2D eigenvalue weighted by molar-refractivity contribution is 9.08. The van der Waals surface area contributed by atoms with E-state index in [4.69, 9.17) is 11.6 Å². The third-order valence-corrected chi connectivity index (χ3v) is 4.10. The first-order valence-corrected chi connectivity index (χ1v) is 6.49. The Bertz CT molecular complexity index is 466. The highest BCUT2D eigenvalue weighted by Gasteiger charge is 2.08. The highest BCUT2D eigenvalue weighted by Crippen LogP contribution is 2.34. The maximum atomic E-state index is 9.23. The van der Waals surface area contributed by atoms with Crippen LogP contribution in [0.2, 0.25) is 5.02 Å². The molecule has 1 nitrogen and oxygen atoms in total. The number of thiophene rings is 1. The van der Waals surface area contributed by atoms with Crippen LogP contribution in [0, 0.1) is 0 Å². The van der Waals surface area contributed by atoms with Crippen molar-refractivity contribution in [3.63, 3.8) is 0 Å². The lowest BCUT2D eigenvalue weighted by Gasteiger charge is -2.03. The van der Waals surface area contributed by atoms with Gasteiger partial charge in [0.05, 0.1) is 11.6 Å². The summed E-state index contributed by atoms with van der Waals surface area (Å²) in [4.78, 5) is 0. The van der Waals surface area contributed by atoms with Crippen molar-refractivity contribution >= 4 is 49.0 Å². The number of halogens is 2. The minimum Gasteiger partial charge on any atom is -0.392 e. The van der Waals surface area contributed by atoms with E-state index in [9.17, 15) is 5.11 Å². The van der Waals surface area contributed by atoms with E-state index >= 15 is 0 Å². The van der Waals surface area contributed by atoms with E-state index in [0.29, 0.717) is 0 Å². The van der Waals surface area contributed by atoms with Gasteiger partial charge in [-0.05, 0) is 17.2 Å². The summed E-state index contributed by atoms with van der Waals surface area (Å²) in [5.74, 6) is 0. The fourth-order valence-electron chi connectivity index (χ4n) is 1.48. The van der Waals surface area contributed by atoms with Crippen LogP contribution in [0.25, 0.3) is 10.1 Å². The van der Waals surface area contributed by atoms with Gasteiger partial charge in [0.15, 0.2) is 0 Å². The van der Waals surface area contributed by atoms with Gasteiger partial charge in [0.1, 0.15) is 0 Å². The Balaban J connectivity index is 2.76. The number of hydrogen-bond acceptors (Lipinski definition) is 2. The average Bonchev–Trinajstić information content (AvgIpc) is 2.59. The van der Waals surface area contributed by atoms with E-state index in [0.717, 1.165) is 26.0 Å². The number of alkyl halides is 1. The quantitative estimate of drug-likeness (QED) is 0.831. The topological polar surface area (TPSA) is 20.2 Å². The van der Waals surface area contributed by atoms with Crippen molar-refractivity contribution < 1.29 is 5.11 Å². The second-order valence-electron chi connectivity index (χ2n) is 3.00. The largest absolute Gasteiger partial charge is 0.392 e. The molecule has 4 heteroatoms. The van der Waals surface area contributed by atoms with Gasteiger partial charge >= 0.3 is 0 Å². The van der Waals surface area contributed by atoms with E-state index in [1.165, 1.54) is 5.56 Å². The molecule has 0 fully saturated rings. The summed E-state index contributed by atoms with van der Waals surface area (Å²) in [6, 6.07) is 4.08. The van der Waals surface area contributed by atoms with Crippen LogP contribution < -0.4 is 0 Å². The van der Waals surface area contributed by atoms with E-state index in [2.05, 4.69) is 22.0 Å². The molecule has 0 aliphatic heterocycles. The Morgan fingerprint density at radius 3 is 2.86 bits per heavy atom. The molecule has 2 rings (SSSR count). The van der Waals surface area contributed by atoms with Crippen LogP contribution in [0.3, 0.4) is 0 Å². The second kappa shape index (κ2) is 4.19. The Hall–Kier alpha value is -0.0900. The molecule has 2 aromatic rings. The van der Waals surface area contributed by atoms with Gasteiger partial charge in [0.2, 0.25) is 0 Å². The molecule has 14 heavy (non-hydrogen) atoms. The average molecular weight is 292 g/mol. The summed E-state index contributed by atoms with van der Waals surface area (Å²) in [5, 5.41) is 13.7. The molecule has 0 saturated heterocycles. The lowest BCUT2D eigenvalue weighted by atomic mass is 10.1. The number of aliphatic hydroxyl groups is 1. The van der Waals surface area contributed by atoms with Crippen LogP contribution in [0.15, 0.2) is 17.5 Å². The Morgan fingerprint density at radius 1 is 1.43 bits per heavy atom. The van der Waals surface area contributed by atoms with Crippen LogP contribution in [0.5, 0.6) is 0 Å². The fourth-order valence-corrected chi connectivity index (χ4v) is 3.14. The molecule has 0 unspecified atom stereocenters. The van der Waals surface area contributed by atoms with E-state index < -0.39 is 0 Å². The Labute approximate surface area is 99.4 Å². The van der Waals surface area contributed by atoms with Gasteiger partial charge in [-0.2, -0.15) is 0 Å². The summed E-state index contributed by atoms with van der Waals surface area (Å²) in [7, 11) is 0. The summed E-state index contributed by atoms with van der Waals surface area (Å²) in [5.41, 5.74) is 2.07. The van der Waals surface area contributed by atoms with E-state index in [1.807, 2.05) is 11.4 Å². The van der Waals surface area contributed by atoms with Crippen molar-refractivity contribution in [3.05, 3.63) is 33.7 Å². The molecule has 0 spiro atoms. The third-order valence-electron chi connectivity index (χ3n) is 2.10. The summed E-state index contributed by atoms with van der Waals surface area (Å²) < 4.78 is 1.14. The van der Waals surface area contributed by atoms with E-state index in [-0.39, 0.29) is 6.61 Å². The van der Waals surface area contributed by atoms with Crippen LogP contribution in [-0.2, 0) is 11.9 Å². The van der Waals surface area contributed by atoms with Gasteiger partial charge in [-0.1, -0.05) is 33.6 Å². The summed E-state index contributed by atoms with van der Waals surface area (Å²) >= 11 is 11.1. The van der Waals surface area contributed by atoms with Gasteiger partial charge < -0.3 is 5.11 Å². The first-order chi connectivity index (χ1) is 6.76. The molecule has 0 aliphatic carbocycles. The zero-order valence-corrected chi connectivity index (χ0v) is 10.4. The van der Waals surface area contributed by atoms with Crippen molar-refractivity contribution in [2.45, 2.75) is 11.9 Å². The minimum atomic E-state index is 0.0355. The third kappa shape index (κ3) is 1.70. The molecule has 1 aromatic carbocycles. The molecule has 1 N–H and O–H groups in total. The normalized spacial score (nSPS) is 11.1. The molecule has 1 aromatic heterocycles. The van der Waals surface area contributed by atoms with Crippen LogP contribution in [-0.4, -0.2) is 5.11 Å². The van der Waals surface area contributed by atoms with Crippen molar-refractivity contribution in [2.75, 3.05) is 0 Å². The van der Waals surface area contributed by atoms with Gasteiger partial charge in [-0.25, -0.2) is 0 Å². The molecule has 0 bridgehead atoms. The van der Waals surface area contributed by atoms with Crippen molar-refractivity contribution in [1.82, 2.24) is 0 Å². The lowest BCUT2D eigenvalue weighted by molar-refractivity contribution is 0.283. The molecule has 1 heterocycles. The number of benzene rings is 1. The smallest absolute Gasteiger partial charge is 0.0688 e. The molecule has 0 saturated carbocycles. The maximum Gasteiger partial charge on any atom is 0.0688 e. The highest BCUT2D eigenvalue weighted by atomic mass is 79.9. The molecule has 0 radical (unpaired) electrons. The molecule has 0 amide bonds. The lowest BCUT2D eigenvalue weighted by Crippen LogP contribution is -1.87. The van der Waals surface area contributed by atoms with Crippen molar-refractivity contribution in [1.29, 1.82) is 0 Å². The van der Waals surface area contributed by atoms with E-state index in [1.54, 1.807) is 11.3 Å². The monoisotopic (exact) mass is 290 g/mol. The fraction of sp³-hybridized carbons (Fsp3) is 0.200. The van der Waals surface area contributed by atoms with Gasteiger partial charge in [0, 0.05) is 20.8 Å². The van der Waals surface area contributed by atoms with Gasteiger partial charge in [-0.3, -0.25) is 0 Å². The SMILES string of the molecule is OCc1cc(CBr)cc2scc(Cl)c12. The molecular weight excluding hydrogens is 284 g/mol. The number of hydrogen-bond donors (Lipinski definition) is 1. The number of rotatable bonds is 2. The number of fused-ring (bicyclic) bond motifs is 1. The molecule has 0 atom stereocenters. The Kier molecular flexibility index (Phi) is 3.12. The van der Waals surface area contributed by atoms with Crippen LogP contribution in [0.1, 0.15) is 11.1 Å². The predicted octanol–water partition coefficient (Wildman–Crippen LogP) is 3.94. The second-order valence-corrected chi connectivity index (χ2v) is 4.88. The Morgan fingerprint density at radius 2 is 2.21 bits per heavy atom. The van der Waals surface area contributed by atoms with Crippen molar-refractivity contribution in [3.8, 4) is 0 Å². The predicted molar refractivity (Wildman–Crippen MR) is 65.4 cm³/mol. The van der Waals surface area contributed by atoms with Crippen LogP contribution >= 0.6 is 38.9 Å². The summed E-state index contributed by atoms with van der Waals surface area (Å²) in [6.07, 6.45) is 0.